The SMILES string of the molecule is c1ccc(-c2cccc(-c3cccc(-c4nc(-c5ccccc5)nc5sc6ccc7ccccc7c6c45)c3)c2)cc1. The summed E-state index contributed by atoms with van der Waals surface area (Å²) in [5.74, 6) is 0.750. The van der Waals surface area contributed by atoms with Crippen molar-refractivity contribution >= 4 is 42.4 Å². The molecule has 0 unspecified atom stereocenters. The predicted octanol–water partition coefficient (Wildman–Crippen LogP) is 10.7. The topological polar surface area (TPSA) is 25.8 Å². The van der Waals surface area contributed by atoms with E-state index in [1.165, 1.54) is 37.5 Å². The maximum atomic E-state index is 5.27. The molecule has 0 aliphatic heterocycles. The van der Waals surface area contributed by atoms with Crippen LogP contribution in [0.3, 0.4) is 0 Å². The van der Waals surface area contributed by atoms with Gasteiger partial charge in [-0.25, -0.2) is 9.97 Å². The number of rotatable bonds is 4. The van der Waals surface area contributed by atoms with Crippen LogP contribution < -0.4 is 0 Å². The number of nitrogens with zero attached hydrogens (tertiary/aromatic N) is 2. The van der Waals surface area contributed by atoms with E-state index in [2.05, 4.69) is 127 Å². The van der Waals surface area contributed by atoms with Crippen LogP contribution in [0.25, 0.3) is 76.0 Å². The predicted molar refractivity (Wildman–Crippen MR) is 174 cm³/mol. The van der Waals surface area contributed by atoms with Gasteiger partial charge in [-0.1, -0.05) is 127 Å². The number of hydrogen-bond acceptors (Lipinski definition) is 3. The molecule has 0 spiro atoms. The molecule has 0 N–H and O–H groups in total. The van der Waals surface area contributed by atoms with Crippen LogP contribution >= 0.6 is 11.3 Å². The van der Waals surface area contributed by atoms with Crippen molar-refractivity contribution in [3.8, 4) is 44.9 Å². The molecule has 192 valence electrons. The zero-order chi connectivity index (χ0) is 27.2. The summed E-state index contributed by atoms with van der Waals surface area (Å²) in [5, 5.41) is 4.82. The molecule has 8 aromatic rings. The molecule has 2 nitrogen and oxygen atoms in total. The van der Waals surface area contributed by atoms with Gasteiger partial charge in [-0.05, 0) is 51.2 Å². The second kappa shape index (κ2) is 9.81. The molecule has 0 amide bonds. The molecule has 8 rings (SSSR count). The summed E-state index contributed by atoms with van der Waals surface area (Å²) < 4.78 is 1.23. The standard InChI is InChI=1S/C38H24N2S/c1-3-11-25(12-4-1)28-16-9-17-29(23-28)30-18-10-19-31(24-30)36-35-34-32-20-8-7-13-26(32)21-22-33(34)41-38(35)40-37(39-36)27-14-5-2-6-15-27/h1-24H. The van der Waals surface area contributed by atoms with Crippen LogP contribution in [0, 0.1) is 0 Å². The molecular weight excluding hydrogens is 516 g/mol. The second-order valence-electron chi connectivity index (χ2n) is 10.2. The van der Waals surface area contributed by atoms with Crippen LogP contribution in [0.5, 0.6) is 0 Å². The summed E-state index contributed by atoms with van der Waals surface area (Å²) in [4.78, 5) is 11.4. The summed E-state index contributed by atoms with van der Waals surface area (Å²) in [7, 11) is 0. The smallest absolute Gasteiger partial charge is 0.161 e. The highest BCUT2D eigenvalue weighted by Gasteiger charge is 2.19. The van der Waals surface area contributed by atoms with Crippen LogP contribution in [0.2, 0.25) is 0 Å². The van der Waals surface area contributed by atoms with E-state index >= 15 is 0 Å². The lowest BCUT2D eigenvalue weighted by atomic mass is 9.96. The van der Waals surface area contributed by atoms with Crippen LogP contribution in [0.15, 0.2) is 146 Å². The van der Waals surface area contributed by atoms with Gasteiger partial charge in [0.15, 0.2) is 5.82 Å². The molecule has 0 saturated carbocycles. The zero-order valence-electron chi connectivity index (χ0n) is 22.2. The first-order valence-corrected chi connectivity index (χ1v) is 14.6. The van der Waals surface area contributed by atoms with Crippen molar-refractivity contribution in [1.82, 2.24) is 9.97 Å². The van der Waals surface area contributed by atoms with E-state index in [-0.39, 0.29) is 0 Å². The first-order valence-electron chi connectivity index (χ1n) is 13.8. The molecule has 0 bridgehead atoms. The molecule has 0 atom stereocenters. The Hall–Kier alpha value is -5.12. The average Bonchev–Trinajstić information content (AvgIpc) is 3.44. The summed E-state index contributed by atoms with van der Waals surface area (Å²) >= 11 is 1.74. The van der Waals surface area contributed by atoms with E-state index in [0.717, 1.165) is 38.4 Å². The van der Waals surface area contributed by atoms with Gasteiger partial charge in [0.1, 0.15) is 4.83 Å². The van der Waals surface area contributed by atoms with E-state index in [4.69, 9.17) is 9.97 Å². The van der Waals surface area contributed by atoms with Gasteiger partial charge in [0.05, 0.1) is 5.69 Å². The number of hydrogen-bond donors (Lipinski definition) is 0. The molecule has 2 aromatic heterocycles. The van der Waals surface area contributed by atoms with E-state index in [9.17, 15) is 0 Å². The normalized spacial score (nSPS) is 11.4. The number of aromatic nitrogens is 2. The summed E-state index contributed by atoms with van der Waals surface area (Å²) in [6.07, 6.45) is 0. The van der Waals surface area contributed by atoms with Gasteiger partial charge < -0.3 is 0 Å². The highest BCUT2D eigenvalue weighted by Crippen LogP contribution is 2.43. The maximum absolute atomic E-state index is 5.27. The van der Waals surface area contributed by atoms with Crippen molar-refractivity contribution in [3.05, 3.63) is 146 Å². The van der Waals surface area contributed by atoms with Crippen molar-refractivity contribution in [3.63, 3.8) is 0 Å². The first kappa shape index (κ1) is 23.7. The van der Waals surface area contributed by atoms with Crippen LogP contribution in [0.4, 0.5) is 0 Å². The van der Waals surface area contributed by atoms with Crippen molar-refractivity contribution in [2.24, 2.45) is 0 Å². The first-order chi connectivity index (χ1) is 20.3. The Morgan fingerprint density at radius 3 is 1.76 bits per heavy atom. The third-order valence-corrected chi connectivity index (χ3v) is 8.74. The highest BCUT2D eigenvalue weighted by molar-refractivity contribution is 7.25. The monoisotopic (exact) mass is 540 g/mol. The van der Waals surface area contributed by atoms with Crippen molar-refractivity contribution in [2.45, 2.75) is 0 Å². The van der Waals surface area contributed by atoms with Gasteiger partial charge in [-0.2, -0.15) is 0 Å². The lowest BCUT2D eigenvalue weighted by Gasteiger charge is -2.11. The molecule has 41 heavy (non-hydrogen) atoms. The molecule has 0 radical (unpaired) electrons. The summed E-state index contributed by atoms with van der Waals surface area (Å²) in [6.45, 7) is 0. The lowest BCUT2D eigenvalue weighted by Crippen LogP contribution is -1.94. The number of thiophene rings is 1. The fraction of sp³-hybridized carbons (Fsp3) is 0. The Kier molecular flexibility index (Phi) is 5.68. The fourth-order valence-electron chi connectivity index (χ4n) is 5.72. The van der Waals surface area contributed by atoms with E-state index in [1.54, 1.807) is 11.3 Å². The molecular formula is C38H24N2S. The van der Waals surface area contributed by atoms with Crippen molar-refractivity contribution in [1.29, 1.82) is 0 Å². The molecule has 6 aromatic carbocycles. The van der Waals surface area contributed by atoms with E-state index < -0.39 is 0 Å². The second-order valence-corrected chi connectivity index (χ2v) is 11.3. The number of benzene rings is 6. The van der Waals surface area contributed by atoms with Gasteiger partial charge in [0.2, 0.25) is 0 Å². The third-order valence-electron chi connectivity index (χ3n) is 7.69. The highest BCUT2D eigenvalue weighted by atomic mass is 32.1. The Labute approximate surface area is 242 Å². The lowest BCUT2D eigenvalue weighted by molar-refractivity contribution is 1.24. The molecule has 0 aliphatic rings. The van der Waals surface area contributed by atoms with Crippen LogP contribution in [-0.4, -0.2) is 9.97 Å². The Morgan fingerprint density at radius 1 is 0.415 bits per heavy atom. The summed E-state index contributed by atoms with van der Waals surface area (Å²) in [6, 6.07) is 51.4. The minimum atomic E-state index is 0.750. The van der Waals surface area contributed by atoms with Crippen molar-refractivity contribution in [2.75, 3.05) is 0 Å². The molecule has 2 heterocycles. The van der Waals surface area contributed by atoms with E-state index in [0.29, 0.717) is 0 Å². The minimum Gasteiger partial charge on any atom is -0.227 e. The quantitative estimate of drug-likeness (QED) is 0.222. The Bertz CT molecular complexity index is 2200. The molecule has 0 saturated heterocycles. The Morgan fingerprint density at radius 2 is 1.00 bits per heavy atom. The van der Waals surface area contributed by atoms with E-state index in [1.807, 2.05) is 18.2 Å². The van der Waals surface area contributed by atoms with Gasteiger partial charge >= 0.3 is 0 Å². The van der Waals surface area contributed by atoms with Gasteiger partial charge in [0.25, 0.3) is 0 Å². The fourth-order valence-corrected chi connectivity index (χ4v) is 6.81. The Balaban J connectivity index is 1.38. The van der Waals surface area contributed by atoms with Gasteiger partial charge in [-0.3, -0.25) is 0 Å². The molecule has 0 fully saturated rings. The zero-order valence-corrected chi connectivity index (χ0v) is 23.0. The third kappa shape index (κ3) is 4.19. The average molecular weight is 541 g/mol. The van der Waals surface area contributed by atoms with Crippen molar-refractivity contribution < 1.29 is 0 Å². The maximum Gasteiger partial charge on any atom is 0.161 e. The van der Waals surface area contributed by atoms with Crippen LogP contribution in [0.1, 0.15) is 0 Å². The summed E-state index contributed by atoms with van der Waals surface area (Å²) in [5.41, 5.74) is 7.85. The minimum absolute atomic E-state index is 0.750. The van der Waals surface area contributed by atoms with Gasteiger partial charge in [0, 0.05) is 26.6 Å². The van der Waals surface area contributed by atoms with Gasteiger partial charge in [-0.15, -0.1) is 11.3 Å². The molecule has 0 aliphatic carbocycles. The van der Waals surface area contributed by atoms with Crippen LogP contribution in [-0.2, 0) is 0 Å². The number of fused-ring (bicyclic) bond motifs is 5. The largest absolute Gasteiger partial charge is 0.227 e. The molecule has 3 heteroatoms.